The van der Waals surface area contributed by atoms with Crippen LogP contribution in [0.3, 0.4) is 0 Å². The van der Waals surface area contributed by atoms with Crippen LogP contribution in [0.5, 0.6) is 5.75 Å². The normalized spacial score (nSPS) is 29.4. The molecule has 3 amide bonds. The minimum atomic E-state index is -1.51. The Labute approximate surface area is 290 Å². The summed E-state index contributed by atoms with van der Waals surface area (Å²) in [6.45, 7) is -0.312. The summed E-state index contributed by atoms with van der Waals surface area (Å²) in [7, 11) is 1.55. The maximum absolute atomic E-state index is 15.1. The second kappa shape index (κ2) is 13.9. The lowest BCUT2D eigenvalue weighted by molar-refractivity contribution is -0.160. The zero-order valence-electron chi connectivity index (χ0n) is 27.6. The molecule has 50 heavy (non-hydrogen) atoms. The maximum Gasteiger partial charge on any atom is 0.313 e. The molecular formula is C39H39N3O8. The van der Waals surface area contributed by atoms with E-state index in [1.807, 2.05) is 48.6 Å². The fourth-order valence-electron chi connectivity index (χ4n) is 7.68. The molecule has 7 rings (SSSR count). The average Bonchev–Trinajstić information content (AvgIpc) is 3.79. The Morgan fingerprint density at radius 3 is 2.36 bits per heavy atom. The van der Waals surface area contributed by atoms with Gasteiger partial charge in [0.1, 0.15) is 29.4 Å². The third kappa shape index (κ3) is 5.86. The molecule has 0 unspecified atom stereocenters. The molecule has 0 aromatic heterocycles. The number of ether oxygens (including phenoxy) is 3. The van der Waals surface area contributed by atoms with Crippen molar-refractivity contribution in [1.82, 2.24) is 10.2 Å². The van der Waals surface area contributed by atoms with E-state index in [1.165, 1.54) is 4.90 Å². The molecule has 11 nitrogen and oxygen atoms in total. The number of nitrogens with one attached hydrogen (secondary N) is 1. The van der Waals surface area contributed by atoms with Gasteiger partial charge in [-0.05, 0) is 41.8 Å². The lowest BCUT2D eigenvalue weighted by Crippen LogP contribution is -2.57. The summed E-state index contributed by atoms with van der Waals surface area (Å²) in [6.07, 6.45) is 6.05. The van der Waals surface area contributed by atoms with Crippen molar-refractivity contribution in [3.63, 3.8) is 0 Å². The average molecular weight is 678 g/mol. The number of esters is 1. The van der Waals surface area contributed by atoms with E-state index in [4.69, 9.17) is 14.2 Å². The number of methoxy groups -OCH3 is 1. The molecule has 0 aliphatic carbocycles. The van der Waals surface area contributed by atoms with Gasteiger partial charge < -0.3 is 34.4 Å². The predicted octanol–water partition coefficient (Wildman–Crippen LogP) is 3.66. The minimum absolute atomic E-state index is 0.0369. The van der Waals surface area contributed by atoms with Crippen molar-refractivity contribution in [2.75, 3.05) is 31.7 Å². The molecular weight excluding hydrogens is 638 g/mol. The molecule has 7 atom stereocenters. The highest BCUT2D eigenvalue weighted by Gasteiger charge is 2.74. The lowest BCUT2D eigenvalue weighted by Gasteiger charge is -2.39. The van der Waals surface area contributed by atoms with Crippen LogP contribution in [0.2, 0.25) is 0 Å². The van der Waals surface area contributed by atoms with Gasteiger partial charge in [-0.1, -0.05) is 85.0 Å². The number of anilines is 1. The molecule has 0 radical (unpaired) electrons. The van der Waals surface area contributed by atoms with Crippen LogP contribution < -0.4 is 15.0 Å². The van der Waals surface area contributed by atoms with Gasteiger partial charge in [-0.2, -0.15) is 0 Å². The Balaban J connectivity index is 1.35. The van der Waals surface area contributed by atoms with Crippen LogP contribution in [0.25, 0.3) is 0 Å². The number of allylic oxidation sites excluding steroid dienone is 1. The molecule has 2 saturated heterocycles. The van der Waals surface area contributed by atoms with Gasteiger partial charge in [0, 0.05) is 18.7 Å². The molecule has 4 aliphatic rings. The smallest absolute Gasteiger partial charge is 0.313 e. The van der Waals surface area contributed by atoms with Crippen molar-refractivity contribution in [3.8, 4) is 5.75 Å². The fourth-order valence-corrected chi connectivity index (χ4v) is 7.68. The predicted molar refractivity (Wildman–Crippen MR) is 183 cm³/mol. The fraction of sp³-hybridized carbons (Fsp3) is 0.333. The Morgan fingerprint density at radius 2 is 1.66 bits per heavy atom. The highest BCUT2D eigenvalue weighted by Crippen LogP contribution is 2.57. The molecule has 11 heteroatoms. The Hall–Kier alpha value is -5.26. The first kappa shape index (κ1) is 33.2. The number of benzene rings is 3. The Morgan fingerprint density at radius 1 is 0.940 bits per heavy atom. The number of hydrogen-bond donors (Lipinski definition) is 2. The number of hydrogen-bond acceptors (Lipinski definition) is 8. The number of aliphatic hydroxyl groups excluding tert-OH is 1. The standard InChI is InChI=1S/C39H39N3O8/c1-48-28-18-16-27(17-19-28)41-22-10-4-9-15-32(44)40-23-31(26-13-7-3-8-14-26)49-38(47)33-30-20-21-39(50-30)34(33)36(45)42(35(39)37(41)46)29(24-43)25-11-5-2-6-12-25/h2-8,10-14,16-21,29-31,33-35,43H,9,15,22-24H2,1H3,(H,40,44)/b10-4-/t29-,30+,31+,33-,34-,35+,39-/m1/s1. The van der Waals surface area contributed by atoms with Crippen molar-refractivity contribution >= 4 is 29.4 Å². The molecule has 5 bridgehead atoms. The zero-order chi connectivity index (χ0) is 34.8. The number of carbonyl (C=O) groups is 4. The van der Waals surface area contributed by atoms with Gasteiger partial charge in [0.2, 0.25) is 11.8 Å². The van der Waals surface area contributed by atoms with Crippen LogP contribution in [-0.2, 0) is 28.7 Å². The molecule has 1 spiro atoms. The van der Waals surface area contributed by atoms with Gasteiger partial charge in [-0.3, -0.25) is 19.2 Å². The van der Waals surface area contributed by atoms with Crippen LogP contribution in [0, 0.1) is 11.8 Å². The van der Waals surface area contributed by atoms with Gasteiger partial charge in [0.15, 0.2) is 0 Å². The van der Waals surface area contributed by atoms with E-state index in [9.17, 15) is 19.5 Å². The maximum atomic E-state index is 15.1. The second-order valence-electron chi connectivity index (χ2n) is 12.9. The first-order valence-corrected chi connectivity index (χ1v) is 16.8. The number of carbonyl (C=O) groups excluding carboxylic acids is 4. The largest absolute Gasteiger partial charge is 0.497 e. The Bertz CT molecular complexity index is 1800. The van der Waals surface area contributed by atoms with Crippen molar-refractivity contribution in [2.24, 2.45) is 11.8 Å². The van der Waals surface area contributed by atoms with Gasteiger partial charge in [0.25, 0.3) is 5.91 Å². The molecule has 0 saturated carbocycles. The molecule has 4 aliphatic heterocycles. The first-order valence-electron chi connectivity index (χ1n) is 16.8. The van der Waals surface area contributed by atoms with Crippen molar-refractivity contribution in [1.29, 1.82) is 0 Å². The minimum Gasteiger partial charge on any atom is -0.497 e. The van der Waals surface area contributed by atoms with E-state index in [0.717, 1.165) is 0 Å². The highest BCUT2D eigenvalue weighted by atomic mass is 16.6. The summed E-state index contributed by atoms with van der Waals surface area (Å²) in [5.74, 6) is -3.41. The van der Waals surface area contributed by atoms with E-state index in [2.05, 4.69) is 5.32 Å². The highest BCUT2D eigenvalue weighted by molar-refractivity contribution is 6.05. The van der Waals surface area contributed by atoms with E-state index < -0.39 is 66.1 Å². The molecule has 4 heterocycles. The van der Waals surface area contributed by atoms with Crippen molar-refractivity contribution < 1.29 is 38.5 Å². The summed E-state index contributed by atoms with van der Waals surface area (Å²) in [6, 6.07) is 23.0. The van der Waals surface area contributed by atoms with E-state index >= 15 is 4.79 Å². The number of amides is 3. The van der Waals surface area contributed by atoms with E-state index in [1.54, 1.807) is 72.7 Å². The van der Waals surface area contributed by atoms with E-state index in [0.29, 0.717) is 29.0 Å². The van der Waals surface area contributed by atoms with Crippen LogP contribution in [0.1, 0.15) is 36.1 Å². The second-order valence-corrected chi connectivity index (χ2v) is 12.9. The van der Waals surface area contributed by atoms with Crippen LogP contribution in [0.15, 0.2) is 109 Å². The van der Waals surface area contributed by atoms with Crippen LogP contribution in [0.4, 0.5) is 5.69 Å². The van der Waals surface area contributed by atoms with Gasteiger partial charge >= 0.3 is 5.97 Å². The number of fused-ring (bicyclic) bond motifs is 2. The third-order valence-electron chi connectivity index (χ3n) is 10.1. The molecule has 2 fully saturated rings. The first-order chi connectivity index (χ1) is 24.4. The third-order valence-corrected chi connectivity index (χ3v) is 10.1. The lowest BCUT2D eigenvalue weighted by atomic mass is 9.74. The summed E-state index contributed by atoms with van der Waals surface area (Å²) in [4.78, 5) is 60.1. The number of cyclic esters (lactones) is 1. The van der Waals surface area contributed by atoms with Gasteiger partial charge in [-0.25, -0.2) is 0 Å². The molecule has 2 N–H and O–H groups in total. The summed E-state index contributed by atoms with van der Waals surface area (Å²) < 4.78 is 18.1. The van der Waals surface area contributed by atoms with Crippen molar-refractivity contribution in [3.05, 3.63) is 120 Å². The number of rotatable bonds is 6. The van der Waals surface area contributed by atoms with Crippen molar-refractivity contribution in [2.45, 2.75) is 42.7 Å². The quantitative estimate of drug-likeness (QED) is 0.298. The van der Waals surface area contributed by atoms with E-state index in [-0.39, 0.29) is 25.4 Å². The zero-order valence-corrected chi connectivity index (χ0v) is 27.6. The number of nitrogens with zero attached hydrogens (tertiary/aromatic N) is 2. The number of aliphatic hydroxyl groups is 1. The summed E-state index contributed by atoms with van der Waals surface area (Å²) in [5, 5.41) is 13.7. The van der Waals surface area contributed by atoms with Crippen LogP contribution >= 0.6 is 0 Å². The molecule has 258 valence electrons. The van der Waals surface area contributed by atoms with Crippen LogP contribution in [-0.4, -0.2) is 78.3 Å². The molecule has 3 aromatic carbocycles. The topological polar surface area (TPSA) is 135 Å². The summed E-state index contributed by atoms with van der Waals surface area (Å²) in [5.41, 5.74) is 0.346. The number of likely N-dealkylation sites (tertiary alicyclic amines) is 1. The van der Waals surface area contributed by atoms with Gasteiger partial charge in [-0.15, -0.1) is 0 Å². The Kier molecular flexibility index (Phi) is 9.26. The SMILES string of the molecule is COc1ccc(N2C/C=C\CCC(=O)NC[C@@H](c3ccccc3)OC(=O)[C@@H]3[C@@H]4C=C[C@]5(O4)[C@H](C2=O)N([C@H](CO)c2ccccc2)C(=O)[C@@H]35)cc1. The molecule has 3 aromatic rings. The monoisotopic (exact) mass is 677 g/mol. The summed E-state index contributed by atoms with van der Waals surface area (Å²) >= 11 is 0. The van der Waals surface area contributed by atoms with Gasteiger partial charge in [0.05, 0.1) is 38.3 Å².